The summed E-state index contributed by atoms with van der Waals surface area (Å²) in [6, 6.07) is 0. The number of aliphatic hydroxyl groups is 1. The second-order valence-corrected chi connectivity index (χ2v) is 3.30. The summed E-state index contributed by atoms with van der Waals surface area (Å²) in [6.07, 6.45) is 0.792. The second kappa shape index (κ2) is 5.11. The summed E-state index contributed by atoms with van der Waals surface area (Å²) >= 11 is 0. The molecule has 0 aliphatic heterocycles. The number of hydrogen-bond donors (Lipinski definition) is 2. The minimum Gasteiger partial charge on any atom is -0.396 e. The van der Waals surface area contributed by atoms with Crippen LogP contribution in [-0.4, -0.2) is 29.8 Å². The molecule has 12 heavy (non-hydrogen) atoms. The lowest BCUT2D eigenvalue weighted by Gasteiger charge is -2.23. The number of ether oxygens (including phenoxy) is 1. The predicted molar refractivity (Wildman–Crippen MR) is 45.5 cm³/mol. The maximum absolute atomic E-state index is 10.3. The third-order valence-electron chi connectivity index (χ3n) is 1.56. The van der Waals surface area contributed by atoms with Crippen molar-refractivity contribution in [2.75, 3.05) is 13.2 Å². The first kappa shape index (κ1) is 11.4. The third kappa shape index (κ3) is 6.12. The Labute approximate surface area is 72.7 Å². The molecule has 0 bridgehead atoms. The normalized spacial score (nSPS) is 11.6. The molecule has 0 saturated carbocycles. The van der Waals surface area contributed by atoms with Gasteiger partial charge in [-0.1, -0.05) is 0 Å². The van der Waals surface area contributed by atoms with E-state index in [1.54, 1.807) is 0 Å². The van der Waals surface area contributed by atoms with E-state index < -0.39 is 0 Å². The average Bonchev–Trinajstić information content (AvgIpc) is 1.85. The molecule has 4 nitrogen and oxygen atoms in total. The van der Waals surface area contributed by atoms with Gasteiger partial charge in [0.1, 0.15) is 0 Å². The van der Waals surface area contributed by atoms with E-state index in [1.807, 2.05) is 13.8 Å². The fraction of sp³-hybridized carbons (Fsp3) is 0.875. The summed E-state index contributed by atoms with van der Waals surface area (Å²) in [5, 5.41) is 8.64. The number of primary amides is 1. The van der Waals surface area contributed by atoms with E-state index in [0.29, 0.717) is 13.0 Å². The zero-order valence-electron chi connectivity index (χ0n) is 7.67. The fourth-order valence-electron chi connectivity index (χ4n) is 0.769. The highest BCUT2D eigenvalue weighted by Crippen LogP contribution is 2.13. The van der Waals surface area contributed by atoms with Crippen molar-refractivity contribution in [3.05, 3.63) is 0 Å². The van der Waals surface area contributed by atoms with E-state index in [4.69, 9.17) is 15.6 Å². The summed E-state index contributed by atoms with van der Waals surface area (Å²) in [5.74, 6) is -0.366. The Morgan fingerprint density at radius 1 is 1.58 bits per heavy atom. The van der Waals surface area contributed by atoms with Crippen LogP contribution in [0.3, 0.4) is 0 Å². The molecule has 4 heteroatoms. The van der Waals surface area contributed by atoms with E-state index in [2.05, 4.69) is 0 Å². The van der Waals surface area contributed by atoms with Crippen molar-refractivity contribution in [2.45, 2.75) is 32.3 Å². The molecule has 0 aliphatic carbocycles. The number of carbonyl (C=O) groups excluding carboxylic acids is 1. The van der Waals surface area contributed by atoms with Crippen LogP contribution in [0, 0.1) is 0 Å². The van der Waals surface area contributed by atoms with Gasteiger partial charge in [0.15, 0.2) is 0 Å². The highest BCUT2D eigenvalue weighted by molar-refractivity contribution is 5.73. The number of amides is 1. The van der Waals surface area contributed by atoms with Crippen LogP contribution in [0.25, 0.3) is 0 Å². The van der Waals surface area contributed by atoms with Crippen LogP contribution in [-0.2, 0) is 9.53 Å². The molecule has 0 rings (SSSR count). The van der Waals surface area contributed by atoms with E-state index in [9.17, 15) is 4.79 Å². The van der Waals surface area contributed by atoms with Crippen LogP contribution in [0.4, 0.5) is 0 Å². The first-order chi connectivity index (χ1) is 5.48. The minimum absolute atomic E-state index is 0.0869. The van der Waals surface area contributed by atoms with Gasteiger partial charge in [0.25, 0.3) is 0 Å². The molecule has 0 spiro atoms. The van der Waals surface area contributed by atoms with Crippen molar-refractivity contribution >= 4 is 5.91 Å². The van der Waals surface area contributed by atoms with Crippen LogP contribution in [0.5, 0.6) is 0 Å². The lowest BCUT2D eigenvalue weighted by atomic mass is 10.1. The summed E-state index contributed by atoms with van der Waals surface area (Å²) in [4.78, 5) is 10.3. The van der Waals surface area contributed by atoms with Crippen LogP contribution in [0.2, 0.25) is 0 Å². The quantitative estimate of drug-likeness (QED) is 0.598. The predicted octanol–water partition coefficient (Wildman–Crippen LogP) is 0.0394. The largest absolute Gasteiger partial charge is 0.396 e. The summed E-state index contributed by atoms with van der Waals surface area (Å²) in [6.45, 7) is 4.14. The van der Waals surface area contributed by atoms with Crippen LogP contribution < -0.4 is 5.73 Å². The van der Waals surface area contributed by atoms with E-state index >= 15 is 0 Å². The average molecular weight is 175 g/mol. The molecule has 0 aromatic carbocycles. The van der Waals surface area contributed by atoms with Crippen molar-refractivity contribution in [3.63, 3.8) is 0 Å². The van der Waals surface area contributed by atoms with Crippen LogP contribution >= 0.6 is 0 Å². The Kier molecular flexibility index (Phi) is 4.85. The Morgan fingerprint density at radius 2 is 2.17 bits per heavy atom. The van der Waals surface area contributed by atoms with Gasteiger partial charge in [-0.2, -0.15) is 0 Å². The van der Waals surface area contributed by atoms with Crippen molar-refractivity contribution < 1.29 is 14.6 Å². The van der Waals surface area contributed by atoms with Gasteiger partial charge in [0.2, 0.25) is 5.91 Å². The smallest absolute Gasteiger partial charge is 0.219 e. The molecule has 0 unspecified atom stereocenters. The second-order valence-electron chi connectivity index (χ2n) is 3.30. The summed E-state index contributed by atoms with van der Waals surface area (Å²) in [5.41, 5.74) is 4.56. The highest BCUT2D eigenvalue weighted by Gasteiger charge is 2.17. The number of rotatable bonds is 6. The van der Waals surface area contributed by atoms with Crippen molar-refractivity contribution in [1.29, 1.82) is 0 Å². The molecule has 72 valence electrons. The number of nitrogens with two attached hydrogens (primary N) is 1. The molecule has 3 N–H and O–H groups in total. The van der Waals surface area contributed by atoms with E-state index in [0.717, 1.165) is 0 Å². The SMILES string of the molecule is CC(C)(CCO)OCCC(N)=O. The van der Waals surface area contributed by atoms with Gasteiger partial charge in [-0.25, -0.2) is 0 Å². The molecule has 0 fully saturated rings. The van der Waals surface area contributed by atoms with E-state index in [-0.39, 0.29) is 24.5 Å². The monoisotopic (exact) mass is 175 g/mol. The Bertz CT molecular complexity index is 145. The third-order valence-corrected chi connectivity index (χ3v) is 1.56. The first-order valence-electron chi connectivity index (χ1n) is 4.01. The summed E-state index contributed by atoms with van der Waals surface area (Å²) in [7, 11) is 0. The molecule has 1 amide bonds. The molecule has 0 heterocycles. The molecule has 0 saturated heterocycles. The van der Waals surface area contributed by atoms with Gasteiger partial charge in [-0.3, -0.25) is 4.79 Å². The lowest BCUT2D eigenvalue weighted by molar-refractivity contribution is -0.120. The highest BCUT2D eigenvalue weighted by atomic mass is 16.5. The van der Waals surface area contributed by atoms with E-state index in [1.165, 1.54) is 0 Å². The molecular formula is C8H17NO3. The molecule has 0 radical (unpaired) electrons. The van der Waals surface area contributed by atoms with Crippen molar-refractivity contribution in [3.8, 4) is 0 Å². The Hall–Kier alpha value is -0.610. The fourth-order valence-corrected chi connectivity index (χ4v) is 0.769. The minimum atomic E-state index is -0.371. The maximum atomic E-state index is 10.3. The van der Waals surface area contributed by atoms with Gasteiger partial charge in [0, 0.05) is 13.0 Å². The van der Waals surface area contributed by atoms with Crippen molar-refractivity contribution in [1.82, 2.24) is 0 Å². The molecule has 0 aromatic heterocycles. The van der Waals surface area contributed by atoms with Crippen LogP contribution in [0.15, 0.2) is 0 Å². The lowest BCUT2D eigenvalue weighted by Crippen LogP contribution is -2.27. The zero-order chi connectivity index (χ0) is 9.61. The molecular weight excluding hydrogens is 158 g/mol. The van der Waals surface area contributed by atoms with Crippen molar-refractivity contribution in [2.24, 2.45) is 5.73 Å². The van der Waals surface area contributed by atoms with Gasteiger partial charge >= 0.3 is 0 Å². The Morgan fingerprint density at radius 3 is 2.58 bits per heavy atom. The van der Waals surface area contributed by atoms with Gasteiger partial charge < -0.3 is 15.6 Å². The topological polar surface area (TPSA) is 72.6 Å². The van der Waals surface area contributed by atoms with Crippen LogP contribution in [0.1, 0.15) is 26.7 Å². The standard InChI is InChI=1S/C8H17NO3/c1-8(2,4-5-10)12-6-3-7(9)11/h10H,3-6H2,1-2H3,(H2,9,11). The molecule has 0 aliphatic rings. The number of hydrogen-bond acceptors (Lipinski definition) is 3. The zero-order valence-corrected chi connectivity index (χ0v) is 7.67. The summed E-state index contributed by atoms with van der Waals surface area (Å²) < 4.78 is 5.32. The molecule has 0 aromatic rings. The van der Waals surface area contributed by atoms with Gasteiger partial charge in [-0.15, -0.1) is 0 Å². The first-order valence-corrected chi connectivity index (χ1v) is 4.01. The number of carbonyl (C=O) groups is 1. The Balaban J connectivity index is 3.53. The number of aliphatic hydroxyl groups excluding tert-OH is 1. The van der Waals surface area contributed by atoms with Gasteiger partial charge in [-0.05, 0) is 20.3 Å². The maximum Gasteiger partial charge on any atom is 0.219 e. The van der Waals surface area contributed by atoms with Gasteiger partial charge in [0.05, 0.1) is 12.2 Å². The molecule has 0 atom stereocenters.